The number of ether oxygens (including phenoxy) is 1. The van der Waals surface area contributed by atoms with Crippen LogP contribution in [0.3, 0.4) is 0 Å². The van der Waals surface area contributed by atoms with Crippen LogP contribution in [0.5, 0.6) is 0 Å². The minimum Gasteiger partial charge on any atom is -0.453 e. The van der Waals surface area contributed by atoms with Crippen LogP contribution < -0.4 is 20.9 Å². The SMILES string of the molecule is COC(=O)NC1CN(c2cc(C#N)cc(Nc3nc(NC4CC4)c4ncc(C#N)n4n3)c2Cl)CCC1O. The number of rotatable bonds is 6. The molecule has 2 unspecified atom stereocenters. The number of nitrogens with one attached hydrogen (secondary N) is 3. The van der Waals surface area contributed by atoms with Gasteiger partial charge in [-0.15, -0.1) is 5.10 Å². The molecule has 1 amide bonds. The number of alkyl carbamates (subject to hydrolysis) is 1. The molecule has 1 aromatic carbocycles. The Morgan fingerprint density at radius 2 is 2.08 bits per heavy atom. The fourth-order valence-electron chi connectivity index (χ4n) is 4.15. The van der Waals surface area contributed by atoms with E-state index in [4.69, 9.17) is 11.6 Å². The molecule has 0 spiro atoms. The van der Waals surface area contributed by atoms with Crippen molar-refractivity contribution >= 4 is 46.5 Å². The van der Waals surface area contributed by atoms with Gasteiger partial charge in [0.15, 0.2) is 17.2 Å². The molecule has 2 atom stereocenters. The summed E-state index contributed by atoms with van der Waals surface area (Å²) in [6, 6.07) is 7.12. The van der Waals surface area contributed by atoms with Crippen molar-refractivity contribution in [3.63, 3.8) is 0 Å². The van der Waals surface area contributed by atoms with Gasteiger partial charge in [-0.3, -0.25) is 0 Å². The molecule has 14 heteroatoms. The lowest BCUT2D eigenvalue weighted by Gasteiger charge is -2.38. The number of piperidine rings is 1. The molecule has 0 radical (unpaired) electrons. The highest BCUT2D eigenvalue weighted by Crippen LogP contribution is 2.37. The van der Waals surface area contributed by atoms with Gasteiger partial charge in [0.25, 0.3) is 0 Å². The third-order valence-electron chi connectivity index (χ3n) is 6.23. The number of fused-ring (bicyclic) bond motifs is 1. The van der Waals surface area contributed by atoms with E-state index in [0.717, 1.165) is 12.8 Å². The number of aromatic nitrogens is 4. The van der Waals surface area contributed by atoms with Crippen LogP contribution in [0.15, 0.2) is 18.3 Å². The molecule has 2 aliphatic rings. The van der Waals surface area contributed by atoms with E-state index in [0.29, 0.717) is 46.4 Å². The second-order valence-electron chi connectivity index (χ2n) is 8.83. The molecule has 5 rings (SSSR count). The summed E-state index contributed by atoms with van der Waals surface area (Å²) in [5.41, 5.74) is 1.94. The molecule has 190 valence electrons. The molecule has 0 bridgehead atoms. The Morgan fingerprint density at radius 1 is 1.27 bits per heavy atom. The molecule has 3 aromatic rings. The lowest BCUT2D eigenvalue weighted by molar-refractivity contribution is 0.0987. The molecule has 1 aliphatic heterocycles. The van der Waals surface area contributed by atoms with Crippen LogP contribution in [-0.4, -0.2) is 69.2 Å². The molecular weight excluding hydrogens is 500 g/mol. The maximum Gasteiger partial charge on any atom is 0.407 e. The Kier molecular flexibility index (Phi) is 6.56. The third-order valence-corrected chi connectivity index (χ3v) is 6.63. The maximum absolute atomic E-state index is 11.7. The predicted molar refractivity (Wildman–Crippen MR) is 134 cm³/mol. The van der Waals surface area contributed by atoms with E-state index in [-0.39, 0.29) is 24.2 Å². The second kappa shape index (κ2) is 9.97. The first-order valence-corrected chi connectivity index (χ1v) is 12.0. The Hall–Kier alpha value is -4.33. The number of carbonyl (C=O) groups excluding carboxylic acids is 1. The Labute approximate surface area is 216 Å². The van der Waals surface area contributed by atoms with E-state index in [9.17, 15) is 20.4 Å². The van der Waals surface area contributed by atoms with Gasteiger partial charge in [0.1, 0.15) is 6.07 Å². The second-order valence-corrected chi connectivity index (χ2v) is 9.21. The summed E-state index contributed by atoms with van der Waals surface area (Å²) < 4.78 is 6.06. The topological polar surface area (TPSA) is 177 Å². The number of hydrogen-bond donors (Lipinski definition) is 4. The van der Waals surface area contributed by atoms with E-state index >= 15 is 0 Å². The number of nitriles is 2. The van der Waals surface area contributed by atoms with Crippen molar-refractivity contribution in [3.05, 3.63) is 34.6 Å². The van der Waals surface area contributed by atoms with E-state index < -0.39 is 18.2 Å². The number of amides is 1. The first-order valence-electron chi connectivity index (χ1n) is 11.6. The van der Waals surface area contributed by atoms with Gasteiger partial charge in [0, 0.05) is 19.1 Å². The van der Waals surface area contributed by atoms with Gasteiger partial charge in [-0.05, 0) is 31.4 Å². The lowest BCUT2D eigenvalue weighted by Crippen LogP contribution is -2.55. The molecule has 3 heterocycles. The Balaban J connectivity index is 1.49. The number of imidazole rings is 1. The monoisotopic (exact) mass is 522 g/mol. The fraction of sp³-hybridized carbons (Fsp3) is 0.391. The van der Waals surface area contributed by atoms with Gasteiger partial charge in [-0.25, -0.2) is 9.78 Å². The minimum absolute atomic E-state index is 0.160. The standard InChI is InChI=1S/C23H23ClN10O3/c1-37-23(36)30-16-11-33(5-4-18(16)35)17-7-12(8-25)6-15(19(17)24)29-22-31-20(28-13-2-3-13)21-27-10-14(9-26)34(21)32-22/h6-7,10,13,16,18,35H,2-5,11H2,1H3,(H,30,36)(H2,28,29,31,32). The Bertz CT molecular complexity index is 1440. The molecule has 4 N–H and O–H groups in total. The molecule has 13 nitrogen and oxygen atoms in total. The number of methoxy groups -OCH3 is 1. The van der Waals surface area contributed by atoms with Crippen LogP contribution in [0, 0.1) is 22.7 Å². The predicted octanol–water partition coefficient (Wildman–Crippen LogP) is 2.13. The average Bonchev–Trinajstić information content (AvgIpc) is 3.62. The van der Waals surface area contributed by atoms with Gasteiger partial charge < -0.3 is 30.7 Å². The highest BCUT2D eigenvalue weighted by atomic mass is 35.5. The first-order chi connectivity index (χ1) is 17.9. The van der Waals surface area contributed by atoms with E-state index in [1.165, 1.54) is 17.8 Å². The highest BCUT2D eigenvalue weighted by molar-refractivity contribution is 6.36. The van der Waals surface area contributed by atoms with Crippen molar-refractivity contribution in [2.45, 2.75) is 37.5 Å². The highest BCUT2D eigenvalue weighted by Gasteiger charge is 2.31. The number of nitrogens with zero attached hydrogens (tertiary/aromatic N) is 7. The number of hydrogen-bond acceptors (Lipinski definition) is 11. The fourth-order valence-corrected chi connectivity index (χ4v) is 4.43. The smallest absolute Gasteiger partial charge is 0.407 e. The zero-order valence-electron chi connectivity index (χ0n) is 19.8. The summed E-state index contributed by atoms with van der Waals surface area (Å²) in [6.45, 7) is 0.704. The summed E-state index contributed by atoms with van der Waals surface area (Å²) in [7, 11) is 1.25. The van der Waals surface area contributed by atoms with Crippen molar-refractivity contribution in [1.29, 1.82) is 10.5 Å². The molecule has 1 saturated carbocycles. The average molecular weight is 523 g/mol. The zero-order valence-corrected chi connectivity index (χ0v) is 20.5. The first kappa shape index (κ1) is 24.4. The van der Waals surface area contributed by atoms with Crippen LogP contribution >= 0.6 is 11.6 Å². The van der Waals surface area contributed by atoms with Crippen molar-refractivity contribution in [1.82, 2.24) is 24.9 Å². The van der Waals surface area contributed by atoms with Crippen molar-refractivity contribution in [2.75, 3.05) is 35.7 Å². The largest absolute Gasteiger partial charge is 0.453 e. The van der Waals surface area contributed by atoms with E-state index in [1.807, 2.05) is 4.90 Å². The van der Waals surface area contributed by atoms with E-state index in [1.54, 1.807) is 12.1 Å². The number of anilines is 4. The number of carbonyl (C=O) groups is 1. The van der Waals surface area contributed by atoms with Gasteiger partial charge in [0.05, 0.1) is 53.5 Å². The normalized spacial score (nSPS) is 19.1. The van der Waals surface area contributed by atoms with Crippen LogP contribution in [0.25, 0.3) is 5.65 Å². The third kappa shape index (κ3) is 5.00. The van der Waals surface area contributed by atoms with Crippen molar-refractivity contribution < 1.29 is 14.6 Å². The van der Waals surface area contributed by atoms with E-state index in [2.05, 4.69) is 47.9 Å². The molecule has 1 saturated heterocycles. The molecule has 2 aromatic heterocycles. The summed E-state index contributed by atoms with van der Waals surface area (Å²) in [4.78, 5) is 22.4. The van der Waals surface area contributed by atoms with Gasteiger partial charge in [-0.1, -0.05) is 11.6 Å². The number of aliphatic hydroxyl groups is 1. The summed E-state index contributed by atoms with van der Waals surface area (Å²) >= 11 is 6.80. The number of halogens is 1. The van der Waals surface area contributed by atoms with Crippen LogP contribution in [0.1, 0.15) is 30.5 Å². The minimum atomic E-state index is -0.757. The molecule has 1 aliphatic carbocycles. The maximum atomic E-state index is 11.7. The molecule has 37 heavy (non-hydrogen) atoms. The molecular formula is C23H23ClN10O3. The summed E-state index contributed by atoms with van der Waals surface area (Å²) in [6.07, 6.45) is 2.42. The zero-order chi connectivity index (χ0) is 26.1. The quantitative estimate of drug-likeness (QED) is 0.373. The summed E-state index contributed by atoms with van der Waals surface area (Å²) in [5, 5.41) is 43.2. The van der Waals surface area contributed by atoms with Crippen LogP contribution in [-0.2, 0) is 4.74 Å². The molecule has 2 fully saturated rings. The summed E-state index contributed by atoms with van der Waals surface area (Å²) in [5.74, 6) is 0.642. The van der Waals surface area contributed by atoms with Gasteiger partial charge in [-0.2, -0.15) is 20.0 Å². The van der Waals surface area contributed by atoms with Gasteiger partial charge >= 0.3 is 6.09 Å². The van der Waals surface area contributed by atoms with Crippen LogP contribution in [0.4, 0.5) is 27.9 Å². The van der Waals surface area contributed by atoms with Crippen molar-refractivity contribution in [2.24, 2.45) is 0 Å². The number of aliphatic hydroxyl groups excluding tert-OH is 1. The van der Waals surface area contributed by atoms with Gasteiger partial charge in [0.2, 0.25) is 5.95 Å². The number of benzene rings is 1. The van der Waals surface area contributed by atoms with Crippen LogP contribution in [0.2, 0.25) is 5.02 Å². The lowest BCUT2D eigenvalue weighted by atomic mass is 10.0. The Morgan fingerprint density at radius 3 is 2.78 bits per heavy atom. The van der Waals surface area contributed by atoms with Crippen molar-refractivity contribution in [3.8, 4) is 12.1 Å².